The molecule has 0 spiro atoms. The van der Waals surface area contributed by atoms with Crippen molar-refractivity contribution in [3.63, 3.8) is 0 Å². The minimum Gasteiger partial charge on any atom is -0.379 e. The highest BCUT2D eigenvalue weighted by atomic mass is 79.9. The molecule has 1 aliphatic rings. The maximum atomic E-state index is 5.35. The highest BCUT2D eigenvalue weighted by Gasteiger charge is 2.13. The summed E-state index contributed by atoms with van der Waals surface area (Å²) in [5.41, 5.74) is 1.88. The van der Waals surface area contributed by atoms with Gasteiger partial charge in [-0.1, -0.05) is 0 Å². The number of ether oxygens (including phenoxy) is 1. The van der Waals surface area contributed by atoms with Crippen molar-refractivity contribution in [1.82, 2.24) is 14.9 Å². The lowest BCUT2D eigenvalue weighted by Gasteiger charge is -2.25. The summed E-state index contributed by atoms with van der Waals surface area (Å²) in [6, 6.07) is 3.97. The van der Waals surface area contributed by atoms with E-state index in [1.807, 2.05) is 12.1 Å². The first-order valence-electron chi connectivity index (χ1n) is 6.18. The second kappa shape index (κ2) is 6.09. The van der Waals surface area contributed by atoms with Gasteiger partial charge < -0.3 is 4.74 Å². The number of rotatable bonds is 3. The number of nitrogens with zero attached hydrogens (tertiary/aromatic N) is 3. The molecule has 0 aliphatic carbocycles. The molecule has 0 unspecified atom stereocenters. The molecule has 1 aliphatic heterocycles. The van der Waals surface area contributed by atoms with Gasteiger partial charge in [0.1, 0.15) is 5.01 Å². The lowest BCUT2D eigenvalue weighted by atomic mass is 10.3. The molecule has 1 saturated heterocycles. The number of morpholine rings is 1. The molecule has 3 heterocycles. The van der Waals surface area contributed by atoms with E-state index in [9.17, 15) is 0 Å². The summed E-state index contributed by atoms with van der Waals surface area (Å²) in [7, 11) is 0. The van der Waals surface area contributed by atoms with E-state index in [-0.39, 0.29) is 0 Å². The fourth-order valence-electron chi connectivity index (χ4n) is 1.98. The van der Waals surface area contributed by atoms with Crippen LogP contribution in [0.25, 0.3) is 11.4 Å². The van der Waals surface area contributed by atoms with Gasteiger partial charge in [0.2, 0.25) is 0 Å². The van der Waals surface area contributed by atoms with E-state index in [0.717, 1.165) is 53.7 Å². The van der Waals surface area contributed by atoms with E-state index in [4.69, 9.17) is 4.74 Å². The van der Waals surface area contributed by atoms with Gasteiger partial charge in [0.25, 0.3) is 0 Å². The molecule has 6 heteroatoms. The molecule has 19 heavy (non-hydrogen) atoms. The van der Waals surface area contributed by atoms with Crippen LogP contribution in [-0.4, -0.2) is 41.2 Å². The molecule has 3 rings (SSSR count). The molecule has 1 fully saturated rings. The molecule has 2 aromatic heterocycles. The van der Waals surface area contributed by atoms with Crippen LogP contribution in [0.2, 0.25) is 0 Å². The van der Waals surface area contributed by atoms with Crippen molar-refractivity contribution in [1.29, 1.82) is 0 Å². The minimum atomic E-state index is 0.826. The molecule has 0 aromatic carbocycles. The first-order valence-corrected chi connectivity index (χ1v) is 7.85. The monoisotopic (exact) mass is 339 g/mol. The van der Waals surface area contributed by atoms with Gasteiger partial charge >= 0.3 is 0 Å². The Balaban J connectivity index is 1.70. The van der Waals surface area contributed by atoms with Crippen LogP contribution < -0.4 is 0 Å². The van der Waals surface area contributed by atoms with Crippen molar-refractivity contribution in [3.8, 4) is 11.4 Å². The van der Waals surface area contributed by atoms with Crippen LogP contribution >= 0.6 is 27.3 Å². The Kier molecular flexibility index (Phi) is 4.22. The predicted octanol–water partition coefficient (Wildman–Crippen LogP) is 2.80. The molecule has 4 nitrogen and oxygen atoms in total. The zero-order valence-electron chi connectivity index (χ0n) is 10.4. The van der Waals surface area contributed by atoms with Gasteiger partial charge in [0, 0.05) is 29.1 Å². The normalized spacial score (nSPS) is 16.7. The summed E-state index contributed by atoms with van der Waals surface area (Å²) in [5, 5.41) is 3.22. The molecule has 0 radical (unpaired) electrons. The van der Waals surface area contributed by atoms with Gasteiger partial charge in [-0.15, -0.1) is 11.3 Å². The molecule has 0 N–H and O–H groups in total. The topological polar surface area (TPSA) is 38.2 Å². The standard InChI is InChI=1S/C13H14BrN3OS/c14-10-1-2-11(15-7-10)12-9-19-13(16-12)8-17-3-5-18-6-4-17/h1-2,7,9H,3-6,8H2. The number of thiazole rings is 1. The molecule has 0 bridgehead atoms. The number of halogens is 1. The van der Waals surface area contributed by atoms with Gasteiger partial charge in [0.15, 0.2) is 0 Å². The Hall–Kier alpha value is -0.820. The van der Waals surface area contributed by atoms with Crippen molar-refractivity contribution >= 4 is 27.3 Å². The van der Waals surface area contributed by atoms with Gasteiger partial charge in [-0.05, 0) is 28.1 Å². The molecular formula is C13H14BrN3OS. The fraction of sp³-hybridized carbons (Fsp3) is 0.385. The van der Waals surface area contributed by atoms with E-state index in [1.54, 1.807) is 17.5 Å². The Morgan fingerprint density at radius 3 is 2.84 bits per heavy atom. The molecule has 2 aromatic rings. The van der Waals surface area contributed by atoms with Crippen LogP contribution in [0.3, 0.4) is 0 Å². The average molecular weight is 340 g/mol. The largest absolute Gasteiger partial charge is 0.379 e. The van der Waals surface area contributed by atoms with Crippen LogP contribution in [-0.2, 0) is 11.3 Å². The predicted molar refractivity (Wildman–Crippen MR) is 79.1 cm³/mol. The summed E-state index contributed by atoms with van der Waals surface area (Å²) < 4.78 is 6.34. The summed E-state index contributed by atoms with van der Waals surface area (Å²) in [5.74, 6) is 0. The third-order valence-corrected chi connectivity index (χ3v) is 4.31. The van der Waals surface area contributed by atoms with Crippen LogP contribution in [0.5, 0.6) is 0 Å². The first kappa shape index (κ1) is 13.2. The molecule has 0 amide bonds. The van der Waals surface area contributed by atoms with Gasteiger partial charge in [-0.2, -0.15) is 0 Å². The third kappa shape index (κ3) is 3.39. The number of aromatic nitrogens is 2. The Bertz CT molecular complexity index is 537. The highest BCUT2D eigenvalue weighted by molar-refractivity contribution is 9.10. The van der Waals surface area contributed by atoms with Crippen molar-refractivity contribution < 1.29 is 4.74 Å². The SMILES string of the molecule is Brc1ccc(-c2csc(CN3CCOCC3)n2)nc1. The molecule has 100 valence electrons. The maximum Gasteiger partial charge on any atom is 0.107 e. The Morgan fingerprint density at radius 1 is 1.26 bits per heavy atom. The van der Waals surface area contributed by atoms with Crippen LogP contribution in [0.15, 0.2) is 28.2 Å². The Labute approximate surface area is 124 Å². The van der Waals surface area contributed by atoms with Gasteiger partial charge in [-0.3, -0.25) is 9.88 Å². The second-order valence-corrected chi connectivity index (χ2v) is 6.23. The quantitative estimate of drug-likeness (QED) is 0.861. The first-order chi connectivity index (χ1) is 9.31. The zero-order chi connectivity index (χ0) is 13.1. The van der Waals surface area contributed by atoms with E-state index < -0.39 is 0 Å². The zero-order valence-corrected chi connectivity index (χ0v) is 12.8. The number of pyridine rings is 1. The molecule has 0 saturated carbocycles. The van der Waals surface area contributed by atoms with Crippen LogP contribution in [0.1, 0.15) is 5.01 Å². The van der Waals surface area contributed by atoms with Crippen LogP contribution in [0.4, 0.5) is 0 Å². The average Bonchev–Trinajstić information content (AvgIpc) is 2.89. The fourth-order valence-corrected chi connectivity index (χ4v) is 3.04. The van der Waals surface area contributed by atoms with Gasteiger partial charge in [0.05, 0.1) is 31.1 Å². The van der Waals surface area contributed by atoms with Crippen LogP contribution in [0, 0.1) is 0 Å². The third-order valence-electron chi connectivity index (χ3n) is 3.00. The summed E-state index contributed by atoms with van der Waals surface area (Å²) >= 11 is 5.09. The van der Waals surface area contributed by atoms with Crippen molar-refractivity contribution in [3.05, 3.63) is 33.2 Å². The Morgan fingerprint density at radius 2 is 2.11 bits per heavy atom. The summed E-state index contributed by atoms with van der Waals surface area (Å²) in [6.45, 7) is 4.54. The van der Waals surface area contributed by atoms with Crippen molar-refractivity contribution in [2.45, 2.75) is 6.54 Å². The summed E-state index contributed by atoms with van der Waals surface area (Å²) in [4.78, 5) is 11.4. The van der Waals surface area contributed by atoms with Crippen molar-refractivity contribution in [2.75, 3.05) is 26.3 Å². The van der Waals surface area contributed by atoms with E-state index in [2.05, 4.69) is 36.2 Å². The second-order valence-electron chi connectivity index (χ2n) is 4.38. The maximum absolute atomic E-state index is 5.35. The van der Waals surface area contributed by atoms with Gasteiger partial charge in [-0.25, -0.2) is 4.98 Å². The lowest BCUT2D eigenvalue weighted by molar-refractivity contribution is 0.0342. The smallest absolute Gasteiger partial charge is 0.107 e. The minimum absolute atomic E-state index is 0.826. The van der Waals surface area contributed by atoms with Crippen molar-refractivity contribution in [2.24, 2.45) is 0 Å². The van der Waals surface area contributed by atoms with E-state index >= 15 is 0 Å². The van der Waals surface area contributed by atoms with E-state index in [0.29, 0.717) is 0 Å². The number of hydrogen-bond acceptors (Lipinski definition) is 5. The highest BCUT2D eigenvalue weighted by Crippen LogP contribution is 2.22. The summed E-state index contributed by atoms with van der Waals surface area (Å²) in [6.07, 6.45) is 1.80. The molecule has 0 atom stereocenters. The lowest BCUT2D eigenvalue weighted by Crippen LogP contribution is -2.35. The van der Waals surface area contributed by atoms with E-state index in [1.165, 1.54) is 0 Å². The number of hydrogen-bond donors (Lipinski definition) is 0. The molecular weight excluding hydrogens is 326 g/mol.